The fraction of sp³-hybridized carbons (Fsp3) is 1.00. The lowest BCUT2D eigenvalue weighted by molar-refractivity contribution is -0.151. The van der Waals surface area contributed by atoms with E-state index in [1.807, 2.05) is 0 Å². The van der Waals surface area contributed by atoms with E-state index in [0.717, 1.165) is 19.3 Å². The molecule has 60 valence electrons. The maximum absolute atomic E-state index is 5.47. The predicted octanol–water partition coefficient (Wildman–Crippen LogP) is 0.704. The Morgan fingerprint density at radius 3 is 3.10 bits per heavy atom. The number of hydrogen-bond acceptors (Lipinski definition) is 2. The molecule has 1 heterocycles. The summed E-state index contributed by atoms with van der Waals surface area (Å²) in [4.78, 5) is 0. The second-order valence-corrected chi connectivity index (χ2v) is 4.08. The molecule has 10 heavy (non-hydrogen) atoms. The van der Waals surface area contributed by atoms with Crippen molar-refractivity contribution in [3.8, 4) is 0 Å². The summed E-state index contributed by atoms with van der Waals surface area (Å²) in [5.74, 6) is 0. The van der Waals surface area contributed by atoms with Crippen LogP contribution >= 0.6 is 0 Å². The smallest absolute Gasteiger partial charge is 0.157 e. The van der Waals surface area contributed by atoms with Crippen molar-refractivity contribution >= 4 is 9.52 Å². The van der Waals surface area contributed by atoms with Gasteiger partial charge in [-0.05, 0) is 19.3 Å². The van der Waals surface area contributed by atoms with E-state index in [-0.39, 0.29) is 15.8 Å². The van der Waals surface area contributed by atoms with E-state index in [2.05, 4.69) is 6.55 Å². The van der Waals surface area contributed by atoms with Crippen molar-refractivity contribution in [3.05, 3.63) is 0 Å². The Morgan fingerprint density at radius 1 is 1.60 bits per heavy atom. The van der Waals surface area contributed by atoms with E-state index in [4.69, 9.17) is 9.47 Å². The molecule has 1 fully saturated rings. The van der Waals surface area contributed by atoms with Gasteiger partial charge in [-0.3, -0.25) is 0 Å². The van der Waals surface area contributed by atoms with Crippen LogP contribution in [0.5, 0.6) is 0 Å². The normalized spacial score (nSPS) is 27.9. The molecule has 0 aromatic carbocycles. The molecule has 0 aromatic heterocycles. The zero-order chi connectivity index (χ0) is 7.23. The van der Waals surface area contributed by atoms with E-state index >= 15 is 0 Å². The first-order valence-electron chi connectivity index (χ1n) is 4.16. The summed E-state index contributed by atoms with van der Waals surface area (Å²) in [5, 5.41) is 0. The molecule has 0 N–H and O–H groups in total. The zero-order valence-electron chi connectivity index (χ0n) is 6.64. The van der Waals surface area contributed by atoms with Gasteiger partial charge in [0.15, 0.2) is 6.29 Å². The highest BCUT2D eigenvalue weighted by atomic mass is 28.2. The van der Waals surface area contributed by atoms with Crippen LogP contribution in [0.15, 0.2) is 0 Å². The Balaban J connectivity index is 2.02. The molecule has 1 saturated heterocycles. The molecule has 1 unspecified atom stereocenters. The van der Waals surface area contributed by atoms with Crippen molar-refractivity contribution in [2.24, 2.45) is 0 Å². The predicted molar refractivity (Wildman–Crippen MR) is 44.0 cm³/mol. The molecule has 0 saturated carbocycles. The highest BCUT2D eigenvalue weighted by Gasteiger charge is 2.12. The molecule has 0 bridgehead atoms. The topological polar surface area (TPSA) is 18.5 Å². The summed E-state index contributed by atoms with van der Waals surface area (Å²) < 4.78 is 10.9. The summed E-state index contributed by atoms with van der Waals surface area (Å²) in [6, 6.07) is 0. The van der Waals surface area contributed by atoms with Crippen molar-refractivity contribution in [1.29, 1.82) is 0 Å². The van der Waals surface area contributed by atoms with Crippen LogP contribution in [-0.2, 0) is 9.47 Å². The average molecular weight is 160 g/mol. The Kier molecular flexibility index (Phi) is 4.02. The highest BCUT2D eigenvalue weighted by molar-refractivity contribution is 6.33. The summed E-state index contributed by atoms with van der Waals surface area (Å²) in [7, 11) is 0.0668. The number of hydrogen-bond donors (Lipinski definition) is 0. The van der Waals surface area contributed by atoms with Gasteiger partial charge < -0.3 is 9.47 Å². The number of ether oxygens (including phenoxy) is 2. The van der Waals surface area contributed by atoms with Crippen LogP contribution in [0.25, 0.3) is 0 Å². The third-order valence-corrected chi connectivity index (χ3v) is 2.29. The molecular weight excluding hydrogens is 144 g/mol. The minimum atomic E-state index is 0.0668. The van der Waals surface area contributed by atoms with Gasteiger partial charge in [-0.15, -0.1) is 0 Å². The summed E-state index contributed by atoms with van der Waals surface area (Å²) in [6.07, 6.45) is 4.71. The van der Waals surface area contributed by atoms with Gasteiger partial charge in [-0.25, -0.2) is 0 Å². The van der Waals surface area contributed by atoms with Crippen LogP contribution in [0.4, 0.5) is 0 Å². The van der Waals surface area contributed by atoms with Crippen LogP contribution in [-0.4, -0.2) is 28.6 Å². The fourth-order valence-corrected chi connectivity index (χ4v) is 1.59. The van der Waals surface area contributed by atoms with Crippen molar-refractivity contribution in [1.82, 2.24) is 0 Å². The third-order valence-electron chi connectivity index (χ3n) is 1.65. The van der Waals surface area contributed by atoms with Crippen molar-refractivity contribution in [2.75, 3.05) is 12.8 Å². The van der Waals surface area contributed by atoms with E-state index in [0.29, 0.717) is 0 Å². The van der Waals surface area contributed by atoms with Crippen LogP contribution < -0.4 is 0 Å². The van der Waals surface area contributed by atoms with Crippen LogP contribution in [0, 0.1) is 0 Å². The van der Waals surface area contributed by atoms with Crippen molar-refractivity contribution < 1.29 is 9.47 Å². The molecule has 1 atom stereocenters. The Hall–Kier alpha value is 0.137. The van der Waals surface area contributed by atoms with Gasteiger partial charge in [-0.1, -0.05) is 6.55 Å². The second kappa shape index (κ2) is 4.88. The van der Waals surface area contributed by atoms with Gasteiger partial charge in [0.2, 0.25) is 0 Å². The van der Waals surface area contributed by atoms with E-state index in [9.17, 15) is 0 Å². The van der Waals surface area contributed by atoms with Crippen LogP contribution in [0.3, 0.4) is 0 Å². The first kappa shape index (κ1) is 8.24. The Labute approximate surface area is 64.7 Å². The first-order chi connectivity index (χ1) is 4.93. The quantitative estimate of drug-likeness (QED) is 0.566. The van der Waals surface area contributed by atoms with Gasteiger partial charge in [0.05, 0.1) is 0 Å². The minimum absolute atomic E-state index is 0.0668. The lowest BCUT2D eigenvalue weighted by Crippen LogP contribution is -2.23. The molecule has 0 aromatic rings. The minimum Gasteiger partial charge on any atom is -0.357 e. The zero-order valence-corrected chi connectivity index (χ0v) is 8.05. The van der Waals surface area contributed by atoms with Crippen molar-refractivity contribution in [3.63, 3.8) is 0 Å². The molecule has 1 aliphatic heterocycles. The molecule has 1 rings (SSSR count). The van der Waals surface area contributed by atoms with Gasteiger partial charge in [-0.2, -0.15) is 0 Å². The lowest BCUT2D eigenvalue weighted by Gasteiger charge is -2.22. The summed E-state index contributed by atoms with van der Waals surface area (Å²) >= 11 is 0. The Bertz CT molecular complexity index is 81.7. The standard InChI is InChI=1S/C7H16O2Si/c1-10-6-9-7-4-2-3-5-8-7/h7H,2-6,10H2,1H3. The molecule has 0 spiro atoms. The summed E-state index contributed by atoms with van der Waals surface area (Å²) in [6.45, 7) is 3.15. The van der Waals surface area contributed by atoms with Gasteiger partial charge >= 0.3 is 0 Å². The van der Waals surface area contributed by atoms with E-state index < -0.39 is 0 Å². The number of rotatable bonds is 3. The maximum Gasteiger partial charge on any atom is 0.157 e. The van der Waals surface area contributed by atoms with Gasteiger partial charge in [0.25, 0.3) is 0 Å². The largest absolute Gasteiger partial charge is 0.357 e. The van der Waals surface area contributed by atoms with Gasteiger partial charge in [0, 0.05) is 22.4 Å². The van der Waals surface area contributed by atoms with Crippen LogP contribution in [0.2, 0.25) is 6.55 Å². The second-order valence-electron chi connectivity index (χ2n) is 2.67. The summed E-state index contributed by atoms with van der Waals surface area (Å²) in [5.41, 5.74) is 0. The van der Waals surface area contributed by atoms with Crippen LogP contribution in [0.1, 0.15) is 19.3 Å². The van der Waals surface area contributed by atoms with E-state index in [1.165, 1.54) is 12.8 Å². The molecule has 0 radical (unpaired) electrons. The molecular formula is C7H16O2Si. The molecule has 3 heteroatoms. The monoisotopic (exact) mass is 160 g/mol. The third kappa shape index (κ3) is 2.81. The molecule has 2 nitrogen and oxygen atoms in total. The SMILES string of the molecule is C[SiH2]COC1CCCCO1. The average Bonchev–Trinajstić information content (AvgIpc) is 2.03. The lowest BCUT2D eigenvalue weighted by atomic mass is 10.2. The molecule has 0 amide bonds. The van der Waals surface area contributed by atoms with Crippen molar-refractivity contribution in [2.45, 2.75) is 32.1 Å². The fourth-order valence-electron chi connectivity index (χ4n) is 1.09. The maximum atomic E-state index is 5.47. The highest BCUT2D eigenvalue weighted by Crippen LogP contribution is 2.12. The Morgan fingerprint density at radius 2 is 2.50 bits per heavy atom. The molecule has 1 aliphatic rings. The first-order valence-corrected chi connectivity index (χ1v) is 6.58. The van der Waals surface area contributed by atoms with Gasteiger partial charge in [0.1, 0.15) is 0 Å². The molecule has 0 aliphatic carbocycles. The van der Waals surface area contributed by atoms with E-state index in [1.54, 1.807) is 0 Å².